The molecule has 0 unspecified atom stereocenters. The van der Waals surface area contributed by atoms with Crippen LogP contribution in [0.2, 0.25) is 5.02 Å². The van der Waals surface area contributed by atoms with E-state index in [1.165, 1.54) is 16.7 Å². The molecule has 0 N–H and O–H groups in total. The Balaban J connectivity index is 1.79. The van der Waals surface area contributed by atoms with Crippen molar-refractivity contribution in [3.8, 4) is 5.75 Å². The first-order valence-electron chi connectivity index (χ1n) is 9.26. The second kappa shape index (κ2) is 8.57. The van der Waals surface area contributed by atoms with Gasteiger partial charge < -0.3 is 4.74 Å². The average Bonchev–Trinajstić information content (AvgIpc) is 3.00. The highest BCUT2D eigenvalue weighted by Gasteiger charge is 2.33. The van der Waals surface area contributed by atoms with E-state index in [4.69, 9.17) is 28.6 Å². The Kier molecular flexibility index (Phi) is 5.90. The number of carbonyl (C=O) groups excluding carboxylic acids is 1. The van der Waals surface area contributed by atoms with E-state index in [0.717, 1.165) is 28.5 Å². The topological polar surface area (TPSA) is 29.5 Å². The first-order valence-corrected chi connectivity index (χ1v) is 10.9. The zero-order valence-corrected chi connectivity index (χ0v) is 18.1. The van der Waals surface area contributed by atoms with Gasteiger partial charge in [0.25, 0.3) is 5.91 Å². The molecule has 3 aromatic carbocycles. The summed E-state index contributed by atoms with van der Waals surface area (Å²) >= 11 is 12.9. The lowest BCUT2D eigenvalue weighted by Crippen LogP contribution is -2.27. The standard InChI is InChI=1S/C23H18ClNO2S2/c1-2-12-27-20-11-10-15-6-3-4-9-18(15)19(20)14-21-22(26)25(23(28)29-21)17-8-5-7-16(24)13-17/h3-11,13-14H,2,12H2,1H3/b21-14+. The highest BCUT2D eigenvalue weighted by Crippen LogP contribution is 2.39. The zero-order valence-electron chi connectivity index (χ0n) is 15.7. The fourth-order valence-corrected chi connectivity index (χ4v) is 4.66. The van der Waals surface area contributed by atoms with Gasteiger partial charge in [0.15, 0.2) is 4.32 Å². The van der Waals surface area contributed by atoms with Gasteiger partial charge in [0, 0.05) is 10.6 Å². The summed E-state index contributed by atoms with van der Waals surface area (Å²) in [5.74, 6) is 0.607. The Hall–Kier alpha value is -2.34. The predicted molar refractivity (Wildman–Crippen MR) is 127 cm³/mol. The van der Waals surface area contributed by atoms with Gasteiger partial charge in [0.1, 0.15) is 5.75 Å². The van der Waals surface area contributed by atoms with E-state index in [1.807, 2.05) is 48.5 Å². The molecule has 1 fully saturated rings. The molecule has 6 heteroatoms. The molecule has 0 bridgehead atoms. The van der Waals surface area contributed by atoms with Crippen molar-refractivity contribution in [2.45, 2.75) is 13.3 Å². The van der Waals surface area contributed by atoms with Crippen LogP contribution in [0.25, 0.3) is 16.8 Å². The normalized spacial score (nSPS) is 15.5. The number of anilines is 1. The fraction of sp³-hybridized carbons (Fsp3) is 0.130. The van der Waals surface area contributed by atoms with Crippen LogP contribution in [0.4, 0.5) is 5.69 Å². The summed E-state index contributed by atoms with van der Waals surface area (Å²) in [6.45, 7) is 2.68. The maximum absolute atomic E-state index is 13.2. The second-order valence-corrected chi connectivity index (χ2v) is 8.66. The number of nitrogens with zero attached hydrogens (tertiary/aromatic N) is 1. The number of benzene rings is 3. The van der Waals surface area contributed by atoms with Crippen LogP contribution in [-0.2, 0) is 4.79 Å². The van der Waals surface area contributed by atoms with E-state index in [2.05, 4.69) is 6.92 Å². The lowest BCUT2D eigenvalue weighted by Gasteiger charge is -2.14. The monoisotopic (exact) mass is 439 g/mol. The molecule has 0 spiro atoms. The molecule has 1 heterocycles. The molecule has 1 aliphatic rings. The quantitative estimate of drug-likeness (QED) is 0.327. The summed E-state index contributed by atoms with van der Waals surface area (Å²) in [4.78, 5) is 15.2. The number of rotatable bonds is 5. The molecule has 0 aromatic heterocycles. The first-order chi connectivity index (χ1) is 14.1. The van der Waals surface area contributed by atoms with Crippen LogP contribution in [0.1, 0.15) is 18.9 Å². The number of fused-ring (bicyclic) bond motifs is 1. The smallest absolute Gasteiger partial charge is 0.270 e. The maximum Gasteiger partial charge on any atom is 0.270 e. The van der Waals surface area contributed by atoms with Crippen molar-refractivity contribution < 1.29 is 9.53 Å². The molecule has 3 aromatic rings. The number of ether oxygens (including phenoxy) is 1. The third-order valence-electron chi connectivity index (χ3n) is 4.53. The molecule has 1 saturated heterocycles. The van der Waals surface area contributed by atoms with Crippen LogP contribution >= 0.6 is 35.6 Å². The molecule has 0 aliphatic carbocycles. The number of thioether (sulfide) groups is 1. The van der Waals surface area contributed by atoms with E-state index in [1.54, 1.807) is 18.2 Å². The number of carbonyl (C=O) groups is 1. The third kappa shape index (κ3) is 4.04. The molecular weight excluding hydrogens is 422 g/mol. The van der Waals surface area contributed by atoms with E-state index in [0.29, 0.717) is 26.5 Å². The molecule has 3 nitrogen and oxygen atoms in total. The first kappa shape index (κ1) is 20.0. The van der Waals surface area contributed by atoms with Gasteiger partial charge in [-0.2, -0.15) is 0 Å². The number of hydrogen-bond donors (Lipinski definition) is 0. The molecule has 0 saturated carbocycles. The van der Waals surface area contributed by atoms with Crippen molar-refractivity contribution in [2.24, 2.45) is 0 Å². The molecule has 4 rings (SSSR count). The van der Waals surface area contributed by atoms with Crippen LogP contribution in [-0.4, -0.2) is 16.8 Å². The number of thiocarbonyl (C=S) groups is 1. The van der Waals surface area contributed by atoms with Crippen LogP contribution in [0.3, 0.4) is 0 Å². The van der Waals surface area contributed by atoms with Crippen molar-refractivity contribution in [1.29, 1.82) is 0 Å². The van der Waals surface area contributed by atoms with Gasteiger partial charge in [-0.05, 0) is 47.5 Å². The zero-order chi connectivity index (χ0) is 20.4. The molecule has 0 atom stereocenters. The Morgan fingerprint density at radius 1 is 1.14 bits per heavy atom. The van der Waals surface area contributed by atoms with Gasteiger partial charge >= 0.3 is 0 Å². The highest BCUT2D eigenvalue weighted by molar-refractivity contribution is 8.27. The van der Waals surface area contributed by atoms with Gasteiger partial charge in [-0.15, -0.1) is 0 Å². The molecular formula is C23H18ClNO2S2. The minimum Gasteiger partial charge on any atom is -0.493 e. The van der Waals surface area contributed by atoms with Crippen molar-refractivity contribution in [1.82, 2.24) is 0 Å². The maximum atomic E-state index is 13.2. The lowest BCUT2D eigenvalue weighted by molar-refractivity contribution is -0.113. The SMILES string of the molecule is CCCOc1ccc2ccccc2c1/C=C1/SC(=S)N(c2cccc(Cl)c2)C1=O. The second-order valence-electron chi connectivity index (χ2n) is 6.54. The van der Waals surface area contributed by atoms with Crippen molar-refractivity contribution in [3.05, 3.63) is 76.2 Å². The molecule has 29 heavy (non-hydrogen) atoms. The van der Waals surface area contributed by atoms with Gasteiger partial charge in [-0.25, -0.2) is 0 Å². The summed E-state index contributed by atoms with van der Waals surface area (Å²) < 4.78 is 6.45. The number of amides is 1. The summed E-state index contributed by atoms with van der Waals surface area (Å²) in [7, 11) is 0. The molecule has 1 amide bonds. The van der Waals surface area contributed by atoms with Gasteiger partial charge in [0.05, 0.1) is 17.2 Å². The fourth-order valence-electron chi connectivity index (χ4n) is 3.20. The Labute approximate surface area is 184 Å². The van der Waals surface area contributed by atoms with Crippen LogP contribution in [0.15, 0.2) is 65.6 Å². The average molecular weight is 440 g/mol. The van der Waals surface area contributed by atoms with E-state index < -0.39 is 0 Å². The number of halogens is 1. The lowest BCUT2D eigenvalue weighted by atomic mass is 10.0. The van der Waals surface area contributed by atoms with Crippen LogP contribution in [0, 0.1) is 0 Å². The van der Waals surface area contributed by atoms with E-state index in [9.17, 15) is 4.79 Å². The van der Waals surface area contributed by atoms with Gasteiger partial charge in [-0.1, -0.05) is 78.9 Å². The molecule has 146 valence electrons. The molecule has 0 radical (unpaired) electrons. The van der Waals surface area contributed by atoms with E-state index in [-0.39, 0.29) is 5.91 Å². The summed E-state index contributed by atoms with van der Waals surface area (Å²) in [5, 5.41) is 2.69. The van der Waals surface area contributed by atoms with Crippen molar-refractivity contribution in [3.63, 3.8) is 0 Å². The number of hydrogen-bond acceptors (Lipinski definition) is 4. The summed E-state index contributed by atoms with van der Waals surface area (Å²) in [5.41, 5.74) is 1.56. The highest BCUT2D eigenvalue weighted by atomic mass is 35.5. The summed E-state index contributed by atoms with van der Waals surface area (Å²) in [6.07, 6.45) is 2.79. The largest absolute Gasteiger partial charge is 0.493 e. The van der Waals surface area contributed by atoms with Crippen molar-refractivity contribution in [2.75, 3.05) is 11.5 Å². The molecule has 1 aliphatic heterocycles. The Morgan fingerprint density at radius 3 is 2.76 bits per heavy atom. The minimum absolute atomic E-state index is 0.156. The minimum atomic E-state index is -0.156. The van der Waals surface area contributed by atoms with Gasteiger partial charge in [-0.3, -0.25) is 9.69 Å². The van der Waals surface area contributed by atoms with Crippen LogP contribution < -0.4 is 9.64 Å². The van der Waals surface area contributed by atoms with E-state index >= 15 is 0 Å². The van der Waals surface area contributed by atoms with Crippen molar-refractivity contribution >= 4 is 68.3 Å². The van der Waals surface area contributed by atoms with Crippen LogP contribution in [0.5, 0.6) is 5.75 Å². The van der Waals surface area contributed by atoms with Gasteiger partial charge in [0.2, 0.25) is 0 Å². The predicted octanol–water partition coefficient (Wildman–Crippen LogP) is 6.69. The third-order valence-corrected chi connectivity index (χ3v) is 6.07. The Morgan fingerprint density at radius 2 is 1.97 bits per heavy atom. The Bertz CT molecular complexity index is 1140. The summed E-state index contributed by atoms with van der Waals surface area (Å²) in [6, 6.07) is 19.2.